The molecule has 2 N–H and O–H groups in total. The minimum Gasteiger partial charge on any atom is -0.384 e. The number of rotatable bonds is 8. The van der Waals surface area contributed by atoms with Crippen LogP contribution in [0.4, 0.5) is 23.0 Å². The summed E-state index contributed by atoms with van der Waals surface area (Å²) in [4.78, 5) is 36.7. The Morgan fingerprint density at radius 2 is 1.77 bits per heavy atom. The van der Waals surface area contributed by atoms with Crippen molar-refractivity contribution < 1.29 is 14.3 Å². The maximum atomic E-state index is 12.2. The monoisotopic (exact) mass is 474 g/mol. The molecule has 2 aromatic carbocycles. The average molecular weight is 475 g/mol. The summed E-state index contributed by atoms with van der Waals surface area (Å²) in [5.74, 6) is 0.536. The van der Waals surface area contributed by atoms with Crippen LogP contribution in [0.15, 0.2) is 60.8 Å². The van der Waals surface area contributed by atoms with Crippen molar-refractivity contribution >= 4 is 34.8 Å². The molecule has 2 amide bonds. The summed E-state index contributed by atoms with van der Waals surface area (Å²) < 4.78 is 5.02. The van der Waals surface area contributed by atoms with Gasteiger partial charge in [-0.25, -0.2) is 9.97 Å². The molecule has 0 radical (unpaired) electrons. The van der Waals surface area contributed by atoms with Crippen molar-refractivity contribution in [1.82, 2.24) is 14.9 Å². The maximum Gasteiger partial charge on any atom is 0.227 e. The standard InChI is InChI=1S/C26H30N6O3/c1-19(33)28-21-8-6-20(7-9-21)24-10-12-27-26(30-24)29-22-4-3-5-23(18-22)31-13-15-32(16-14-31)25(34)11-17-35-2/h3-10,12,18H,11,13-17H2,1-2H3,(H,28,33)(H,27,29,30). The molecule has 9 nitrogen and oxygen atoms in total. The van der Waals surface area contributed by atoms with E-state index < -0.39 is 0 Å². The lowest BCUT2D eigenvalue weighted by Gasteiger charge is -2.36. The number of carbonyl (C=O) groups excluding carboxylic acids is 2. The predicted octanol–water partition coefficient (Wildman–Crippen LogP) is 3.53. The molecule has 0 bridgehead atoms. The summed E-state index contributed by atoms with van der Waals surface area (Å²) in [6, 6.07) is 17.5. The average Bonchev–Trinajstić information content (AvgIpc) is 2.88. The number of aromatic nitrogens is 2. The van der Waals surface area contributed by atoms with Crippen LogP contribution in [0.5, 0.6) is 0 Å². The fraction of sp³-hybridized carbons (Fsp3) is 0.308. The van der Waals surface area contributed by atoms with Gasteiger partial charge in [0.15, 0.2) is 0 Å². The lowest BCUT2D eigenvalue weighted by Crippen LogP contribution is -2.49. The van der Waals surface area contributed by atoms with Gasteiger partial charge < -0.3 is 25.2 Å². The lowest BCUT2D eigenvalue weighted by molar-refractivity contribution is -0.132. The number of anilines is 4. The number of amides is 2. The van der Waals surface area contributed by atoms with Gasteiger partial charge in [0.2, 0.25) is 17.8 Å². The predicted molar refractivity (Wildman–Crippen MR) is 137 cm³/mol. The summed E-state index contributed by atoms with van der Waals surface area (Å²) >= 11 is 0. The highest BCUT2D eigenvalue weighted by Crippen LogP contribution is 2.25. The number of nitrogens with zero attached hydrogens (tertiary/aromatic N) is 4. The van der Waals surface area contributed by atoms with Crippen LogP contribution >= 0.6 is 0 Å². The Balaban J connectivity index is 1.39. The molecule has 0 aliphatic carbocycles. The van der Waals surface area contributed by atoms with E-state index in [2.05, 4.69) is 37.6 Å². The van der Waals surface area contributed by atoms with E-state index in [9.17, 15) is 9.59 Å². The van der Waals surface area contributed by atoms with E-state index in [1.54, 1.807) is 13.3 Å². The van der Waals surface area contributed by atoms with Gasteiger partial charge in [0.25, 0.3) is 0 Å². The van der Waals surface area contributed by atoms with Gasteiger partial charge in [-0.1, -0.05) is 18.2 Å². The summed E-state index contributed by atoms with van der Waals surface area (Å²) in [6.07, 6.45) is 2.14. The number of piperazine rings is 1. The Morgan fingerprint density at radius 1 is 1.00 bits per heavy atom. The number of carbonyl (C=O) groups is 2. The number of methoxy groups -OCH3 is 1. The van der Waals surface area contributed by atoms with Crippen LogP contribution in [-0.4, -0.2) is 66.6 Å². The zero-order valence-corrected chi connectivity index (χ0v) is 20.0. The quantitative estimate of drug-likeness (QED) is 0.515. The van der Waals surface area contributed by atoms with Crippen molar-refractivity contribution in [2.24, 2.45) is 0 Å². The number of nitrogens with one attached hydrogen (secondary N) is 2. The van der Waals surface area contributed by atoms with Crippen LogP contribution in [-0.2, 0) is 14.3 Å². The minimum absolute atomic E-state index is 0.106. The third kappa shape index (κ3) is 6.54. The normalized spacial score (nSPS) is 13.4. The van der Waals surface area contributed by atoms with Crippen LogP contribution < -0.4 is 15.5 Å². The highest BCUT2D eigenvalue weighted by Gasteiger charge is 2.21. The molecule has 1 aliphatic rings. The zero-order valence-electron chi connectivity index (χ0n) is 20.0. The topological polar surface area (TPSA) is 99.7 Å². The molecule has 35 heavy (non-hydrogen) atoms. The Hall–Kier alpha value is -3.98. The van der Waals surface area contributed by atoms with Gasteiger partial charge >= 0.3 is 0 Å². The number of ether oxygens (including phenoxy) is 1. The molecule has 4 rings (SSSR count). The fourth-order valence-electron chi connectivity index (χ4n) is 3.98. The molecule has 3 aromatic rings. The van der Waals surface area contributed by atoms with E-state index in [1.165, 1.54) is 6.92 Å². The van der Waals surface area contributed by atoms with Crippen LogP contribution in [0.1, 0.15) is 13.3 Å². The Morgan fingerprint density at radius 3 is 2.49 bits per heavy atom. The van der Waals surface area contributed by atoms with E-state index in [4.69, 9.17) is 4.74 Å². The Bertz CT molecular complexity index is 1160. The first-order valence-corrected chi connectivity index (χ1v) is 11.6. The molecule has 1 aliphatic heterocycles. The number of benzene rings is 2. The summed E-state index contributed by atoms with van der Waals surface area (Å²) in [5.41, 5.74) is 4.42. The molecule has 1 saturated heterocycles. The molecule has 9 heteroatoms. The maximum absolute atomic E-state index is 12.2. The first-order valence-electron chi connectivity index (χ1n) is 11.6. The highest BCUT2D eigenvalue weighted by atomic mass is 16.5. The zero-order chi connectivity index (χ0) is 24.6. The van der Waals surface area contributed by atoms with Crippen LogP contribution in [0, 0.1) is 0 Å². The van der Waals surface area contributed by atoms with Gasteiger partial charge in [0.05, 0.1) is 18.7 Å². The van der Waals surface area contributed by atoms with Crippen molar-refractivity contribution in [3.8, 4) is 11.3 Å². The smallest absolute Gasteiger partial charge is 0.227 e. The first kappa shape index (κ1) is 24.2. The van der Waals surface area contributed by atoms with Gasteiger partial charge in [-0.2, -0.15) is 0 Å². The summed E-state index contributed by atoms with van der Waals surface area (Å²) in [6.45, 7) is 4.90. The number of hydrogen-bond donors (Lipinski definition) is 2. The first-order chi connectivity index (χ1) is 17.0. The van der Waals surface area contributed by atoms with Crippen molar-refractivity contribution in [2.45, 2.75) is 13.3 Å². The molecule has 0 saturated carbocycles. The van der Waals surface area contributed by atoms with Crippen molar-refractivity contribution in [3.05, 3.63) is 60.8 Å². The lowest BCUT2D eigenvalue weighted by atomic mass is 10.1. The molecule has 1 fully saturated rings. The van der Waals surface area contributed by atoms with E-state index in [0.717, 1.165) is 41.4 Å². The fourth-order valence-corrected chi connectivity index (χ4v) is 3.98. The molecule has 0 unspecified atom stereocenters. The molecule has 182 valence electrons. The highest BCUT2D eigenvalue weighted by molar-refractivity contribution is 5.88. The van der Waals surface area contributed by atoms with E-state index >= 15 is 0 Å². The van der Waals surface area contributed by atoms with Gasteiger partial charge in [0.1, 0.15) is 0 Å². The van der Waals surface area contributed by atoms with Crippen LogP contribution in [0.2, 0.25) is 0 Å². The second-order valence-electron chi connectivity index (χ2n) is 8.31. The molecule has 0 spiro atoms. The largest absolute Gasteiger partial charge is 0.384 e. The van der Waals surface area contributed by atoms with Gasteiger partial charge in [-0.15, -0.1) is 0 Å². The van der Waals surface area contributed by atoms with Crippen molar-refractivity contribution in [1.29, 1.82) is 0 Å². The van der Waals surface area contributed by atoms with E-state index in [1.807, 2.05) is 47.4 Å². The Kier molecular flexibility index (Phi) is 7.89. The van der Waals surface area contributed by atoms with Crippen LogP contribution in [0.3, 0.4) is 0 Å². The van der Waals surface area contributed by atoms with Gasteiger partial charge in [-0.05, 0) is 36.4 Å². The number of hydrogen-bond acceptors (Lipinski definition) is 7. The molecule has 2 heterocycles. The van der Waals surface area contributed by atoms with Gasteiger partial charge in [-0.3, -0.25) is 9.59 Å². The molecule has 0 atom stereocenters. The SMILES string of the molecule is COCCC(=O)N1CCN(c2cccc(Nc3nccc(-c4ccc(NC(C)=O)cc4)n3)c2)CC1. The van der Waals surface area contributed by atoms with Crippen LogP contribution in [0.25, 0.3) is 11.3 Å². The van der Waals surface area contributed by atoms with Crippen molar-refractivity contribution in [2.75, 3.05) is 55.4 Å². The van der Waals surface area contributed by atoms with Crippen molar-refractivity contribution in [3.63, 3.8) is 0 Å². The third-order valence-electron chi connectivity index (χ3n) is 5.78. The summed E-state index contributed by atoms with van der Waals surface area (Å²) in [7, 11) is 1.61. The van der Waals surface area contributed by atoms with E-state index in [0.29, 0.717) is 32.1 Å². The van der Waals surface area contributed by atoms with E-state index in [-0.39, 0.29) is 11.8 Å². The minimum atomic E-state index is -0.106. The molecule has 1 aromatic heterocycles. The Labute approximate surface area is 205 Å². The summed E-state index contributed by atoms with van der Waals surface area (Å²) in [5, 5.41) is 6.06. The third-order valence-corrected chi connectivity index (χ3v) is 5.78. The second kappa shape index (κ2) is 11.4. The molecular weight excluding hydrogens is 444 g/mol. The second-order valence-corrected chi connectivity index (χ2v) is 8.31. The molecular formula is C26H30N6O3. The van der Waals surface area contributed by atoms with Gasteiger partial charge in [0, 0.05) is 69.0 Å².